The fourth-order valence-corrected chi connectivity index (χ4v) is 3.60. The van der Waals surface area contributed by atoms with Crippen LogP contribution in [0.15, 0.2) is 24.3 Å². The average Bonchev–Trinajstić information content (AvgIpc) is 2.62. The van der Waals surface area contributed by atoms with E-state index in [1.165, 1.54) is 11.3 Å². The molecule has 1 amide bonds. The van der Waals surface area contributed by atoms with Gasteiger partial charge in [-0.05, 0) is 37.5 Å². The number of amides is 1. The van der Waals surface area contributed by atoms with Crippen LogP contribution < -0.4 is 10.6 Å². The lowest BCUT2D eigenvalue weighted by molar-refractivity contribution is -0.132. The Hall–Kier alpha value is -1.01. The number of aryl methyl sites for hydroxylation is 1. The Morgan fingerprint density at radius 3 is 2.50 bits per heavy atom. The molecule has 2 aliphatic rings. The van der Waals surface area contributed by atoms with Gasteiger partial charge in [0.2, 0.25) is 5.91 Å². The first kappa shape index (κ1) is 23.0. The molecule has 0 bridgehead atoms. The zero-order valence-corrected chi connectivity index (χ0v) is 17.2. The van der Waals surface area contributed by atoms with Crippen molar-refractivity contribution >= 4 is 36.4 Å². The van der Waals surface area contributed by atoms with Gasteiger partial charge in [-0.3, -0.25) is 4.79 Å². The van der Waals surface area contributed by atoms with Gasteiger partial charge in [-0.15, -0.1) is 24.8 Å². The van der Waals surface area contributed by atoms with E-state index in [0.717, 1.165) is 58.7 Å². The van der Waals surface area contributed by atoms with E-state index in [1.54, 1.807) is 0 Å². The van der Waals surface area contributed by atoms with Crippen molar-refractivity contribution < 1.29 is 4.79 Å². The van der Waals surface area contributed by atoms with Crippen molar-refractivity contribution in [2.24, 2.45) is 0 Å². The predicted octanol–water partition coefficient (Wildman–Crippen LogP) is 2.54. The Morgan fingerprint density at radius 2 is 1.85 bits per heavy atom. The van der Waals surface area contributed by atoms with Crippen LogP contribution in [-0.2, 0) is 4.79 Å². The second-order valence-electron chi connectivity index (χ2n) is 7.01. The largest absolute Gasteiger partial charge is 0.382 e. The molecule has 0 aromatic heterocycles. The van der Waals surface area contributed by atoms with Crippen molar-refractivity contribution in [2.45, 2.75) is 32.2 Å². The maximum absolute atomic E-state index is 12.2. The van der Waals surface area contributed by atoms with Gasteiger partial charge in [-0.25, -0.2) is 0 Å². The zero-order valence-electron chi connectivity index (χ0n) is 15.6. The Kier molecular flexibility index (Phi) is 10.3. The number of anilines is 1. The minimum atomic E-state index is 0. The van der Waals surface area contributed by atoms with E-state index in [-0.39, 0.29) is 24.8 Å². The molecule has 2 aliphatic heterocycles. The minimum absolute atomic E-state index is 0. The molecule has 0 radical (unpaired) electrons. The number of rotatable bonds is 5. The summed E-state index contributed by atoms with van der Waals surface area (Å²) >= 11 is 0. The van der Waals surface area contributed by atoms with Crippen molar-refractivity contribution in [1.82, 2.24) is 15.1 Å². The quantitative estimate of drug-likeness (QED) is 0.794. The summed E-state index contributed by atoms with van der Waals surface area (Å²) in [4.78, 5) is 16.7. The molecular weight excluding hydrogens is 371 g/mol. The molecule has 1 aromatic carbocycles. The monoisotopic (exact) mass is 402 g/mol. The van der Waals surface area contributed by atoms with Crippen LogP contribution in [0.5, 0.6) is 0 Å². The number of halogens is 2. The molecule has 2 fully saturated rings. The predicted molar refractivity (Wildman–Crippen MR) is 113 cm³/mol. The van der Waals surface area contributed by atoms with E-state index in [4.69, 9.17) is 0 Å². The van der Waals surface area contributed by atoms with Crippen LogP contribution >= 0.6 is 24.8 Å². The summed E-state index contributed by atoms with van der Waals surface area (Å²) in [6.07, 6.45) is 2.96. The van der Waals surface area contributed by atoms with Gasteiger partial charge >= 0.3 is 0 Å². The molecule has 2 saturated heterocycles. The van der Waals surface area contributed by atoms with Crippen molar-refractivity contribution in [1.29, 1.82) is 0 Å². The van der Waals surface area contributed by atoms with Crippen LogP contribution in [0.25, 0.3) is 0 Å². The molecule has 26 heavy (non-hydrogen) atoms. The number of carbonyl (C=O) groups excluding carboxylic acids is 1. The molecule has 0 unspecified atom stereocenters. The highest BCUT2D eigenvalue weighted by Gasteiger charge is 2.21. The van der Waals surface area contributed by atoms with E-state index in [0.29, 0.717) is 18.4 Å². The van der Waals surface area contributed by atoms with Gasteiger partial charge in [0.25, 0.3) is 0 Å². The van der Waals surface area contributed by atoms with Gasteiger partial charge in [-0.2, -0.15) is 0 Å². The molecule has 7 heteroatoms. The summed E-state index contributed by atoms with van der Waals surface area (Å²) in [7, 11) is 0. The molecule has 1 aromatic rings. The van der Waals surface area contributed by atoms with Crippen LogP contribution in [0, 0.1) is 6.92 Å². The second-order valence-corrected chi connectivity index (χ2v) is 7.01. The third kappa shape index (κ3) is 6.95. The highest BCUT2D eigenvalue weighted by atomic mass is 35.5. The van der Waals surface area contributed by atoms with Gasteiger partial charge in [-0.1, -0.05) is 12.1 Å². The SMILES string of the molecule is Cc1cccc(NC2CCN(CCC(=O)N3CCNCC3)CC2)c1.Cl.Cl. The van der Waals surface area contributed by atoms with E-state index in [2.05, 4.69) is 46.7 Å². The average molecular weight is 403 g/mol. The topological polar surface area (TPSA) is 47.6 Å². The van der Waals surface area contributed by atoms with Gasteiger partial charge in [0.05, 0.1) is 0 Å². The first-order valence-electron chi connectivity index (χ1n) is 9.25. The maximum atomic E-state index is 12.2. The molecule has 0 atom stereocenters. The molecule has 0 aliphatic carbocycles. The summed E-state index contributed by atoms with van der Waals surface area (Å²) in [6.45, 7) is 8.78. The van der Waals surface area contributed by atoms with Gasteiger partial charge in [0.15, 0.2) is 0 Å². The summed E-state index contributed by atoms with van der Waals surface area (Å²) in [5, 5.41) is 6.94. The number of likely N-dealkylation sites (tertiary alicyclic amines) is 1. The smallest absolute Gasteiger partial charge is 0.223 e. The van der Waals surface area contributed by atoms with Crippen LogP contribution in [0.4, 0.5) is 5.69 Å². The van der Waals surface area contributed by atoms with E-state index in [1.807, 2.05) is 4.90 Å². The van der Waals surface area contributed by atoms with Gasteiger partial charge < -0.3 is 20.4 Å². The highest BCUT2D eigenvalue weighted by molar-refractivity contribution is 5.85. The zero-order chi connectivity index (χ0) is 16.8. The summed E-state index contributed by atoms with van der Waals surface area (Å²) in [5.41, 5.74) is 2.52. The Morgan fingerprint density at radius 1 is 1.15 bits per heavy atom. The number of hydrogen-bond donors (Lipinski definition) is 2. The number of nitrogens with one attached hydrogen (secondary N) is 2. The van der Waals surface area contributed by atoms with Crippen LogP contribution in [0.3, 0.4) is 0 Å². The molecule has 0 spiro atoms. The van der Waals surface area contributed by atoms with E-state index in [9.17, 15) is 4.79 Å². The first-order chi connectivity index (χ1) is 11.7. The molecule has 5 nitrogen and oxygen atoms in total. The third-order valence-corrected chi connectivity index (χ3v) is 5.09. The fraction of sp³-hybridized carbons (Fsp3) is 0.632. The number of piperidine rings is 1. The van der Waals surface area contributed by atoms with Crippen LogP contribution in [0.2, 0.25) is 0 Å². The van der Waals surface area contributed by atoms with E-state index < -0.39 is 0 Å². The van der Waals surface area contributed by atoms with Gasteiger partial charge in [0.1, 0.15) is 0 Å². The van der Waals surface area contributed by atoms with Crippen LogP contribution in [-0.4, -0.2) is 67.6 Å². The number of piperazine rings is 1. The van der Waals surface area contributed by atoms with Crippen LogP contribution in [0.1, 0.15) is 24.8 Å². The number of benzene rings is 1. The minimum Gasteiger partial charge on any atom is -0.382 e. The van der Waals surface area contributed by atoms with Crippen molar-refractivity contribution in [3.63, 3.8) is 0 Å². The second kappa shape index (κ2) is 11.7. The molecule has 3 rings (SSSR count). The molecular formula is C19H32Cl2N4O. The maximum Gasteiger partial charge on any atom is 0.223 e. The molecule has 148 valence electrons. The highest BCUT2D eigenvalue weighted by Crippen LogP contribution is 2.17. The molecule has 2 N–H and O–H groups in total. The Balaban J connectivity index is 0.00000169. The fourth-order valence-electron chi connectivity index (χ4n) is 3.60. The Bertz CT molecular complexity index is 544. The van der Waals surface area contributed by atoms with Crippen molar-refractivity contribution in [3.8, 4) is 0 Å². The molecule has 0 saturated carbocycles. The van der Waals surface area contributed by atoms with Gasteiger partial charge in [0, 0.05) is 64.0 Å². The summed E-state index contributed by atoms with van der Waals surface area (Å²) in [6, 6.07) is 9.13. The van der Waals surface area contributed by atoms with Crippen molar-refractivity contribution in [3.05, 3.63) is 29.8 Å². The lowest BCUT2D eigenvalue weighted by atomic mass is 10.0. The first-order valence-corrected chi connectivity index (χ1v) is 9.25. The molecule has 2 heterocycles. The lowest BCUT2D eigenvalue weighted by Gasteiger charge is -2.33. The third-order valence-electron chi connectivity index (χ3n) is 5.09. The lowest BCUT2D eigenvalue weighted by Crippen LogP contribution is -2.47. The summed E-state index contributed by atoms with van der Waals surface area (Å²) < 4.78 is 0. The Labute approximate surface area is 169 Å². The van der Waals surface area contributed by atoms with E-state index >= 15 is 0 Å². The number of nitrogens with zero attached hydrogens (tertiary/aromatic N) is 2. The summed E-state index contributed by atoms with van der Waals surface area (Å²) in [5.74, 6) is 0.316. The standard InChI is InChI=1S/C19H30N4O.2ClH/c1-16-3-2-4-18(15-16)21-17-5-10-22(11-6-17)12-7-19(24)23-13-8-20-9-14-23;;/h2-4,15,17,20-21H,5-14H2,1H3;2*1H. The number of hydrogen-bond acceptors (Lipinski definition) is 4. The number of carbonyl (C=O) groups is 1. The van der Waals surface area contributed by atoms with Crippen molar-refractivity contribution in [2.75, 3.05) is 51.1 Å². The normalized spacial score (nSPS) is 18.6.